The summed E-state index contributed by atoms with van der Waals surface area (Å²) in [6, 6.07) is 23.3. The first-order valence-corrected chi connectivity index (χ1v) is 15.0. The Hall–Kier alpha value is -0.530. The number of hydrogen-bond donors (Lipinski definition) is 0. The first kappa shape index (κ1) is 26.5. The Morgan fingerprint density at radius 2 is 1.63 bits per heavy atom. The van der Waals surface area contributed by atoms with Crippen LogP contribution < -0.4 is 24.8 Å². The molecule has 0 radical (unpaired) electrons. The Morgan fingerprint density at radius 1 is 1.00 bits per heavy atom. The molecule has 0 bridgehead atoms. The predicted octanol–water partition coefficient (Wildman–Crippen LogP) is 0.762. The molecule has 27 heavy (non-hydrogen) atoms. The van der Waals surface area contributed by atoms with Crippen LogP contribution in [0.3, 0.4) is 0 Å². The van der Waals surface area contributed by atoms with Gasteiger partial charge in [-0.15, -0.1) is 29.7 Å². The van der Waals surface area contributed by atoms with Crippen molar-refractivity contribution in [2.45, 2.75) is 31.9 Å². The number of hydrogen-bond acceptors (Lipinski definition) is 0. The molecule has 4 heteroatoms. The van der Waals surface area contributed by atoms with E-state index < -0.39 is 0 Å². The van der Waals surface area contributed by atoms with Crippen LogP contribution in [0.1, 0.15) is 29.9 Å². The summed E-state index contributed by atoms with van der Waals surface area (Å²) in [6.45, 7) is 8.51. The normalized spacial score (nSPS) is 13.1. The minimum atomic E-state index is 0. The van der Waals surface area contributed by atoms with E-state index in [1.165, 1.54) is 28.3 Å². The molecule has 142 valence electrons. The number of halogens is 2. The first-order chi connectivity index (χ1) is 12.1. The molecule has 0 aliphatic heterocycles. The number of rotatable bonds is 2. The summed E-state index contributed by atoms with van der Waals surface area (Å²) in [4.78, 5) is 0. The largest absolute Gasteiger partial charge is 1.00 e. The molecular formula is C23H26Cl2SiZr-2. The van der Waals surface area contributed by atoms with Gasteiger partial charge >= 0.3 is 41.9 Å². The van der Waals surface area contributed by atoms with Crippen molar-refractivity contribution in [3.05, 3.63) is 90.9 Å². The van der Waals surface area contributed by atoms with Gasteiger partial charge in [-0.2, -0.15) is 23.9 Å². The minimum Gasteiger partial charge on any atom is -1.00 e. The molecule has 0 nitrogen and oxygen atoms in total. The third-order valence-electron chi connectivity index (χ3n) is 3.97. The van der Waals surface area contributed by atoms with Gasteiger partial charge in [-0.25, -0.2) is 0 Å². The van der Waals surface area contributed by atoms with E-state index in [9.17, 15) is 0 Å². The van der Waals surface area contributed by atoms with Crippen LogP contribution in [0.2, 0.25) is 13.1 Å². The fraction of sp³-hybridized carbons (Fsp3) is 0.217. The average Bonchev–Trinajstić information content (AvgIpc) is 3.22. The second-order valence-electron chi connectivity index (χ2n) is 6.39. The van der Waals surface area contributed by atoms with Gasteiger partial charge in [-0.3, -0.25) is 0 Å². The van der Waals surface area contributed by atoms with Gasteiger partial charge in [-0.1, -0.05) is 48.9 Å². The van der Waals surface area contributed by atoms with Gasteiger partial charge in [0.05, 0.1) is 0 Å². The Balaban J connectivity index is 0.000000404. The minimum absolute atomic E-state index is 0. The van der Waals surface area contributed by atoms with E-state index in [0.29, 0.717) is 5.92 Å². The fourth-order valence-corrected chi connectivity index (χ4v) is 2.87. The third-order valence-corrected chi connectivity index (χ3v) is 3.97. The van der Waals surface area contributed by atoms with E-state index in [0.717, 1.165) is 6.42 Å². The molecule has 0 aromatic heterocycles. The van der Waals surface area contributed by atoms with Crippen molar-refractivity contribution in [3.8, 4) is 0 Å². The quantitative estimate of drug-likeness (QED) is 0.366. The van der Waals surface area contributed by atoms with E-state index in [2.05, 4.69) is 98.9 Å². The summed E-state index contributed by atoms with van der Waals surface area (Å²) in [6.07, 6.45) is 6.70. The Morgan fingerprint density at radius 3 is 2.30 bits per heavy atom. The van der Waals surface area contributed by atoms with Crippen molar-refractivity contribution in [1.29, 1.82) is 0 Å². The summed E-state index contributed by atoms with van der Waals surface area (Å²) >= 11 is 1.74. The molecule has 3 aromatic rings. The van der Waals surface area contributed by atoms with Gasteiger partial charge in [-0.05, 0) is 11.1 Å². The maximum Gasteiger partial charge on any atom is 0.000289 e. The van der Waals surface area contributed by atoms with E-state index in [4.69, 9.17) is 0 Å². The van der Waals surface area contributed by atoms with E-state index in [-0.39, 0.29) is 30.2 Å². The maximum atomic E-state index is 3.89. The Labute approximate surface area is 192 Å². The molecule has 0 saturated carbocycles. The van der Waals surface area contributed by atoms with Crippen molar-refractivity contribution >= 4 is 22.3 Å². The fourth-order valence-electron chi connectivity index (χ4n) is 2.87. The predicted molar refractivity (Wildman–Crippen MR) is 110 cm³/mol. The summed E-state index contributed by atoms with van der Waals surface area (Å²) in [5.41, 5.74) is 3.07. The number of fused-ring (bicyclic) bond motifs is 2. The molecule has 1 aliphatic carbocycles. The third kappa shape index (κ3) is 9.01. The smallest absolute Gasteiger partial charge is 0.000289 e. The summed E-state index contributed by atoms with van der Waals surface area (Å²) in [5, 5.41) is 2.66. The molecule has 0 amide bonds. The van der Waals surface area contributed by atoms with Crippen molar-refractivity contribution in [2.24, 2.45) is 0 Å². The summed E-state index contributed by atoms with van der Waals surface area (Å²) < 4.78 is 0. The second-order valence-corrected chi connectivity index (χ2v) is 15.8. The van der Waals surface area contributed by atoms with Crippen LogP contribution in [0.4, 0.5) is 0 Å². The molecule has 3 aromatic carbocycles. The number of benzene rings is 2. The van der Waals surface area contributed by atoms with E-state index in [1.807, 2.05) is 0 Å². The van der Waals surface area contributed by atoms with Crippen LogP contribution in [0.5, 0.6) is 0 Å². The van der Waals surface area contributed by atoms with Crippen molar-refractivity contribution < 1.29 is 48.1 Å². The van der Waals surface area contributed by atoms with Gasteiger partial charge in [0.25, 0.3) is 0 Å². The molecule has 0 fully saturated rings. The molecule has 0 spiro atoms. The Bertz CT molecular complexity index is 805. The first-order valence-electron chi connectivity index (χ1n) is 8.80. The zero-order valence-electron chi connectivity index (χ0n) is 16.0. The molecule has 0 N–H and O–H groups in total. The van der Waals surface area contributed by atoms with Crippen LogP contribution >= 0.6 is 0 Å². The van der Waals surface area contributed by atoms with Crippen LogP contribution in [0.25, 0.3) is 16.8 Å². The molecule has 1 unspecified atom stereocenters. The average molecular weight is 493 g/mol. The topological polar surface area (TPSA) is 0 Å². The molecule has 0 heterocycles. The van der Waals surface area contributed by atoms with Crippen LogP contribution in [-0.2, 0) is 23.3 Å². The molecule has 1 atom stereocenters. The molecule has 0 saturated heterocycles. The van der Waals surface area contributed by atoms with Gasteiger partial charge in [0.2, 0.25) is 0 Å². The summed E-state index contributed by atoms with van der Waals surface area (Å²) in [5.74, 6) is 0.624. The van der Waals surface area contributed by atoms with Crippen molar-refractivity contribution in [3.63, 3.8) is 0 Å². The standard InChI is InChI=1S/C12H13.C9H7.C2H6Si.2ClH.Zr/c1-2-5-10-8-9-11-6-3-4-7-12(10)11;1-2-5-9-7-3-6-8(9)4-1;1-3-2;;;/h3-4,6-10H,1-2,5H2;1-7H;1-2H3;2*1H;/q2*-1;;;;+2/p-2. The van der Waals surface area contributed by atoms with Crippen molar-refractivity contribution in [2.75, 3.05) is 0 Å². The summed E-state index contributed by atoms with van der Waals surface area (Å²) in [7, 11) is 0. The zero-order valence-corrected chi connectivity index (χ0v) is 20.9. The second kappa shape index (κ2) is 14.5. The van der Waals surface area contributed by atoms with Gasteiger partial charge in [0.1, 0.15) is 0 Å². The Kier molecular flexibility index (Phi) is 14.2. The van der Waals surface area contributed by atoms with Gasteiger partial charge in [0.15, 0.2) is 0 Å². The van der Waals surface area contributed by atoms with E-state index >= 15 is 0 Å². The molecule has 1 aliphatic rings. The van der Waals surface area contributed by atoms with Gasteiger partial charge in [0, 0.05) is 5.92 Å². The number of allylic oxidation sites excluding steroid dienone is 1. The van der Waals surface area contributed by atoms with E-state index in [1.54, 1.807) is 23.3 Å². The molecule has 4 rings (SSSR count). The van der Waals surface area contributed by atoms with Crippen molar-refractivity contribution in [1.82, 2.24) is 0 Å². The maximum absolute atomic E-state index is 3.89. The SMILES string of the molecule is C[Si](C)=[Zr+2].[CH2-]CCC1C=Cc2ccccc21.[Cl-].[Cl-].c1ccc2[cH-]ccc2c1. The van der Waals surface area contributed by atoms with Crippen LogP contribution in [-0.4, -0.2) is 5.43 Å². The van der Waals surface area contributed by atoms with Crippen LogP contribution in [0, 0.1) is 6.92 Å². The van der Waals surface area contributed by atoms with Crippen LogP contribution in [0.15, 0.2) is 72.8 Å². The molecular weight excluding hydrogens is 466 g/mol. The van der Waals surface area contributed by atoms with Gasteiger partial charge < -0.3 is 31.7 Å². The zero-order chi connectivity index (χ0) is 18.1. The monoisotopic (exact) mass is 490 g/mol.